The van der Waals surface area contributed by atoms with Crippen molar-refractivity contribution in [3.63, 3.8) is 0 Å². The van der Waals surface area contributed by atoms with Crippen LogP contribution in [0, 0.1) is 22.7 Å². The van der Waals surface area contributed by atoms with Crippen LogP contribution in [0.3, 0.4) is 0 Å². The van der Waals surface area contributed by atoms with Crippen molar-refractivity contribution in [1.29, 1.82) is 10.5 Å². The van der Waals surface area contributed by atoms with Crippen molar-refractivity contribution >= 4 is 11.6 Å². The zero-order valence-electron chi connectivity index (χ0n) is 7.34. The zero-order valence-corrected chi connectivity index (χ0v) is 8.09. The van der Waals surface area contributed by atoms with Crippen molar-refractivity contribution < 1.29 is 8.78 Å². The average molecular weight is 228 g/mol. The van der Waals surface area contributed by atoms with Crippen LogP contribution < -0.4 is 0 Å². The standard InChI is InChI=1S/C9H4ClF2N3/c10-6-3-5(4-14)8(9(11)12)15-7(6)1-2-13/h3,9H,1H2. The topological polar surface area (TPSA) is 60.5 Å². The molecule has 0 unspecified atom stereocenters. The lowest BCUT2D eigenvalue weighted by atomic mass is 10.1. The van der Waals surface area contributed by atoms with Gasteiger partial charge < -0.3 is 0 Å². The van der Waals surface area contributed by atoms with Gasteiger partial charge in [0.05, 0.1) is 28.8 Å². The number of aromatic nitrogens is 1. The predicted octanol–water partition coefficient (Wildman–Crippen LogP) is 2.61. The van der Waals surface area contributed by atoms with Gasteiger partial charge in [-0.05, 0) is 6.07 Å². The Morgan fingerprint density at radius 2 is 2.13 bits per heavy atom. The first-order valence-corrected chi connectivity index (χ1v) is 4.22. The highest BCUT2D eigenvalue weighted by Crippen LogP contribution is 2.25. The Morgan fingerprint density at radius 1 is 1.47 bits per heavy atom. The van der Waals surface area contributed by atoms with E-state index >= 15 is 0 Å². The normalized spacial score (nSPS) is 9.73. The third-order valence-electron chi connectivity index (χ3n) is 1.65. The van der Waals surface area contributed by atoms with Gasteiger partial charge in [0, 0.05) is 0 Å². The highest BCUT2D eigenvalue weighted by molar-refractivity contribution is 6.31. The monoisotopic (exact) mass is 227 g/mol. The van der Waals surface area contributed by atoms with Crippen LogP contribution >= 0.6 is 11.6 Å². The predicted molar refractivity (Wildman–Crippen MR) is 48.2 cm³/mol. The number of halogens is 3. The molecule has 0 aliphatic heterocycles. The molecule has 0 fully saturated rings. The molecule has 1 aromatic heterocycles. The molecular weight excluding hydrogens is 224 g/mol. The largest absolute Gasteiger partial charge is 0.281 e. The van der Waals surface area contributed by atoms with Gasteiger partial charge in [0.25, 0.3) is 6.43 Å². The summed E-state index contributed by atoms with van der Waals surface area (Å²) >= 11 is 5.65. The van der Waals surface area contributed by atoms with Crippen LogP contribution in [0.4, 0.5) is 8.78 Å². The molecule has 0 atom stereocenters. The Bertz CT molecular complexity index is 460. The molecule has 1 heterocycles. The van der Waals surface area contributed by atoms with E-state index in [0.29, 0.717) is 0 Å². The number of nitriles is 2. The molecule has 0 N–H and O–H groups in total. The van der Waals surface area contributed by atoms with Crippen molar-refractivity contribution in [3.8, 4) is 12.1 Å². The van der Waals surface area contributed by atoms with Crippen LogP contribution in [0.25, 0.3) is 0 Å². The summed E-state index contributed by atoms with van der Waals surface area (Å²) in [5.74, 6) is 0. The van der Waals surface area contributed by atoms with Gasteiger partial charge in [0.1, 0.15) is 11.8 Å². The number of hydrogen-bond donors (Lipinski definition) is 0. The summed E-state index contributed by atoms with van der Waals surface area (Å²) < 4.78 is 24.9. The minimum Gasteiger partial charge on any atom is -0.248 e. The summed E-state index contributed by atoms with van der Waals surface area (Å²) in [6.45, 7) is 0. The highest BCUT2D eigenvalue weighted by Gasteiger charge is 2.17. The molecular formula is C9H4ClF2N3. The van der Waals surface area contributed by atoms with Crippen LogP contribution in [-0.2, 0) is 6.42 Å². The fourth-order valence-corrected chi connectivity index (χ4v) is 1.22. The molecule has 0 aliphatic carbocycles. The molecule has 15 heavy (non-hydrogen) atoms. The van der Waals surface area contributed by atoms with Gasteiger partial charge in [-0.2, -0.15) is 10.5 Å². The maximum Gasteiger partial charge on any atom is 0.281 e. The number of pyridine rings is 1. The van der Waals surface area contributed by atoms with E-state index in [1.165, 1.54) is 0 Å². The second-order valence-corrected chi connectivity index (χ2v) is 3.00. The average Bonchev–Trinajstić information content (AvgIpc) is 2.20. The summed E-state index contributed by atoms with van der Waals surface area (Å²) in [6, 6.07) is 4.43. The van der Waals surface area contributed by atoms with Crippen molar-refractivity contribution in [1.82, 2.24) is 4.98 Å². The smallest absolute Gasteiger partial charge is 0.248 e. The summed E-state index contributed by atoms with van der Waals surface area (Å²) in [5.41, 5.74) is -0.836. The van der Waals surface area contributed by atoms with Crippen LogP contribution in [0.15, 0.2) is 6.07 Å². The van der Waals surface area contributed by atoms with E-state index in [1.807, 2.05) is 0 Å². The van der Waals surface area contributed by atoms with E-state index in [-0.39, 0.29) is 22.7 Å². The van der Waals surface area contributed by atoms with E-state index < -0.39 is 12.1 Å². The molecule has 0 amide bonds. The Hall–Kier alpha value is -1.72. The van der Waals surface area contributed by atoms with Crippen LogP contribution in [0.5, 0.6) is 0 Å². The summed E-state index contributed by atoms with van der Waals surface area (Å²) in [7, 11) is 0. The fourth-order valence-electron chi connectivity index (χ4n) is 0.998. The van der Waals surface area contributed by atoms with Crippen molar-refractivity contribution in [2.45, 2.75) is 12.8 Å². The molecule has 1 rings (SSSR count). The quantitative estimate of drug-likeness (QED) is 0.780. The van der Waals surface area contributed by atoms with E-state index in [2.05, 4.69) is 4.98 Å². The Kier molecular flexibility index (Phi) is 3.54. The molecule has 0 bridgehead atoms. The van der Waals surface area contributed by atoms with E-state index in [4.69, 9.17) is 22.1 Å². The first-order valence-electron chi connectivity index (χ1n) is 3.84. The van der Waals surface area contributed by atoms with Gasteiger partial charge in [-0.3, -0.25) is 0 Å². The molecule has 0 spiro atoms. The zero-order chi connectivity index (χ0) is 11.4. The minimum atomic E-state index is -2.85. The van der Waals surface area contributed by atoms with Gasteiger partial charge in [-0.15, -0.1) is 0 Å². The van der Waals surface area contributed by atoms with Gasteiger partial charge >= 0.3 is 0 Å². The molecule has 6 heteroatoms. The lowest BCUT2D eigenvalue weighted by Crippen LogP contribution is -2.00. The number of nitrogens with zero attached hydrogens (tertiary/aromatic N) is 3. The van der Waals surface area contributed by atoms with E-state index in [9.17, 15) is 8.78 Å². The lowest BCUT2D eigenvalue weighted by molar-refractivity contribution is 0.145. The molecule has 0 saturated heterocycles. The van der Waals surface area contributed by atoms with Crippen molar-refractivity contribution in [2.75, 3.05) is 0 Å². The number of rotatable bonds is 2. The van der Waals surface area contributed by atoms with Crippen LogP contribution in [0.1, 0.15) is 23.4 Å². The lowest BCUT2D eigenvalue weighted by Gasteiger charge is -2.05. The SMILES string of the molecule is N#CCc1nc(C(F)F)c(C#N)cc1Cl. The van der Waals surface area contributed by atoms with Crippen molar-refractivity contribution in [3.05, 3.63) is 28.0 Å². The van der Waals surface area contributed by atoms with Gasteiger partial charge in [0.2, 0.25) is 0 Å². The minimum absolute atomic E-state index is 0.0532. The highest BCUT2D eigenvalue weighted by atomic mass is 35.5. The van der Waals surface area contributed by atoms with E-state index in [1.54, 1.807) is 12.1 Å². The molecule has 0 aromatic carbocycles. The van der Waals surface area contributed by atoms with Gasteiger partial charge in [-0.1, -0.05) is 11.6 Å². The summed E-state index contributed by atoms with van der Waals surface area (Å²) in [6.07, 6.45) is -3.01. The molecule has 0 aliphatic rings. The van der Waals surface area contributed by atoms with Gasteiger partial charge in [0.15, 0.2) is 0 Å². The second-order valence-electron chi connectivity index (χ2n) is 2.60. The molecule has 0 radical (unpaired) electrons. The Balaban J connectivity index is 3.33. The first-order chi connectivity index (χ1) is 7.10. The van der Waals surface area contributed by atoms with Gasteiger partial charge in [-0.25, -0.2) is 13.8 Å². The molecule has 3 nitrogen and oxygen atoms in total. The summed E-state index contributed by atoms with van der Waals surface area (Å²) in [4.78, 5) is 3.51. The van der Waals surface area contributed by atoms with E-state index in [0.717, 1.165) is 6.07 Å². The number of alkyl halides is 2. The molecule has 0 saturated carbocycles. The molecule has 76 valence electrons. The van der Waals surface area contributed by atoms with Crippen LogP contribution in [-0.4, -0.2) is 4.98 Å². The third kappa shape index (κ3) is 2.39. The third-order valence-corrected chi connectivity index (χ3v) is 1.98. The Morgan fingerprint density at radius 3 is 2.60 bits per heavy atom. The van der Waals surface area contributed by atoms with Crippen molar-refractivity contribution in [2.24, 2.45) is 0 Å². The Labute approximate surface area is 89.5 Å². The maximum absolute atomic E-state index is 12.4. The first kappa shape index (κ1) is 11.4. The second kappa shape index (κ2) is 4.68. The fraction of sp³-hybridized carbons (Fsp3) is 0.222. The molecule has 1 aromatic rings. The number of hydrogen-bond acceptors (Lipinski definition) is 3. The maximum atomic E-state index is 12.4. The summed E-state index contributed by atoms with van der Waals surface area (Å²) in [5, 5.41) is 17.0. The van der Waals surface area contributed by atoms with Crippen LogP contribution in [0.2, 0.25) is 5.02 Å².